The summed E-state index contributed by atoms with van der Waals surface area (Å²) in [6.07, 6.45) is 0. The normalized spacial score (nSPS) is 10.6. The van der Waals surface area contributed by atoms with Crippen molar-refractivity contribution in [2.75, 3.05) is 39.2 Å². The number of ether oxygens (including phenoxy) is 2. The Morgan fingerprint density at radius 3 is 2.72 bits per heavy atom. The topological polar surface area (TPSA) is 50.8 Å². The van der Waals surface area contributed by atoms with Crippen LogP contribution < -0.4 is 14.8 Å². The molecule has 0 bridgehead atoms. The molecule has 0 fully saturated rings. The Morgan fingerprint density at radius 2 is 2.00 bits per heavy atom. The number of hydrogen-bond donors (Lipinski definition) is 1. The van der Waals surface area contributed by atoms with E-state index in [0.717, 1.165) is 0 Å². The molecule has 0 aliphatic rings. The van der Waals surface area contributed by atoms with Crippen molar-refractivity contribution in [3.8, 4) is 11.5 Å². The summed E-state index contributed by atoms with van der Waals surface area (Å²) in [5.41, 5.74) is 0.510. The smallest absolute Gasteiger partial charge is 0.238 e. The highest BCUT2D eigenvalue weighted by Crippen LogP contribution is 2.27. The van der Waals surface area contributed by atoms with Gasteiger partial charge in [0.2, 0.25) is 5.91 Å². The molecule has 2 rings (SSSR count). The zero-order valence-electron chi connectivity index (χ0n) is 14.1. The lowest BCUT2D eigenvalue weighted by molar-refractivity contribution is -0.117. The molecule has 0 spiro atoms. The zero-order valence-corrected chi connectivity index (χ0v) is 14.8. The fourth-order valence-electron chi connectivity index (χ4n) is 2.17. The number of amides is 1. The van der Waals surface area contributed by atoms with Gasteiger partial charge in [-0.25, -0.2) is 4.39 Å². The number of benzene rings is 2. The van der Waals surface area contributed by atoms with Gasteiger partial charge in [-0.05, 0) is 37.4 Å². The van der Waals surface area contributed by atoms with Crippen LogP contribution in [-0.4, -0.2) is 44.7 Å². The molecule has 0 saturated carbocycles. The van der Waals surface area contributed by atoms with Gasteiger partial charge in [-0.1, -0.05) is 23.7 Å². The predicted molar refractivity (Wildman–Crippen MR) is 96.0 cm³/mol. The Morgan fingerprint density at radius 1 is 1.24 bits per heavy atom. The van der Waals surface area contributed by atoms with Gasteiger partial charge in [0.25, 0.3) is 0 Å². The molecular formula is C18H20ClFN2O3. The molecule has 2 aromatic carbocycles. The highest BCUT2D eigenvalue weighted by molar-refractivity contribution is 6.31. The molecule has 0 unspecified atom stereocenters. The summed E-state index contributed by atoms with van der Waals surface area (Å²) in [6, 6.07) is 11.2. The first-order chi connectivity index (χ1) is 12.0. The molecule has 1 N–H and O–H groups in total. The van der Waals surface area contributed by atoms with E-state index < -0.39 is 5.82 Å². The van der Waals surface area contributed by atoms with Gasteiger partial charge in [0.05, 0.1) is 19.3 Å². The van der Waals surface area contributed by atoms with Gasteiger partial charge in [-0.3, -0.25) is 9.69 Å². The van der Waals surface area contributed by atoms with Crippen molar-refractivity contribution in [2.24, 2.45) is 0 Å². The molecule has 0 radical (unpaired) electrons. The fraction of sp³-hybridized carbons (Fsp3) is 0.278. The van der Waals surface area contributed by atoms with E-state index in [-0.39, 0.29) is 24.8 Å². The van der Waals surface area contributed by atoms with Crippen LogP contribution in [0.4, 0.5) is 10.1 Å². The number of nitrogens with zero attached hydrogens (tertiary/aromatic N) is 1. The second-order valence-corrected chi connectivity index (χ2v) is 5.85. The van der Waals surface area contributed by atoms with E-state index in [9.17, 15) is 9.18 Å². The summed E-state index contributed by atoms with van der Waals surface area (Å²) < 4.78 is 24.0. The van der Waals surface area contributed by atoms with E-state index in [4.69, 9.17) is 21.1 Å². The summed E-state index contributed by atoms with van der Waals surface area (Å²) in [7, 11) is 3.30. The minimum atomic E-state index is -0.407. The minimum Gasteiger partial charge on any atom is -0.495 e. The summed E-state index contributed by atoms with van der Waals surface area (Å²) in [5.74, 6) is 0.109. The van der Waals surface area contributed by atoms with Crippen LogP contribution in [0.5, 0.6) is 11.5 Å². The number of methoxy groups -OCH3 is 1. The van der Waals surface area contributed by atoms with E-state index in [2.05, 4.69) is 5.32 Å². The quantitative estimate of drug-likeness (QED) is 0.777. The number of anilines is 1. The molecule has 0 saturated heterocycles. The van der Waals surface area contributed by atoms with E-state index in [1.807, 2.05) is 0 Å². The van der Waals surface area contributed by atoms with Crippen LogP contribution in [0.25, 0.3) is 0 Å². The van der Waals surface area contributed by atoms with Crippen molar-refractivity contribution in [3.63, 3.8) is 0 Å². The number of likely N-dealkylation sites (N-methyl/N-ethyl adjacent to an activating group) is 1. The fourth-order valence-corrected chi connectivity index (χ4v) is 2.34. The number of carbonyl (C=O) groups excluding carboxylic acids is 1. The largest absolute Gasteiger partial charge is 0.495 e. The van der Waals surface area contributed by atoms with Crippen LogP contribution in [-0.2, 0) is 4.79 Å². The van der Waals surface area contributed by atoms with Gasteiger partial charge in [0.15, 0.2) is 11.6 Å². The van der Waals surface area contributed by atoms with Gasteiger partial charge in [0, 0.05) is 11.6 Å². The number of nitrogens with one attached hydrogen (secondary N) is 1. The number of halogens is 2. The van der Waals surface area contributed by atoms with Crippen molar-refractivity contribution in [1.29, 1.82) is 0 Å². The van der Waals surface area contributed by atoms with Gasteiger partial charge < -0.3 is 14.8 Å². The maximum Gasteiger partial charge on any atom is 0.238 e. The van der Waals surface area contributed by atoms with Crippen LogP contribution in [0.15, 0.2) is 42.5 Å². The summed E-state index contributed by atoms with van der Waals surface area (Å²) >= 11 is 5.94. The van der Waals surface area contributed by atoms with Crippen molar-refractivity contribution < 1.29 is 18.7 Å². The summed E-state index contributed by atoms with van der Waals surface area (Å²) in [4.78, 5) is 13.9. The molecule has 2 aromatic rings. The Labute approximate surface area is 151 Å². The maximum absolute atomic E-state index is 13.4. The lowest BCUT2D eigenvalue weighted by atomic mass is 10.3. The third kappa shape index (κ3) is 5.92. The second kappa shape index (κ2) is 9.25. The lowest BCUT2D eigenvalue weighted by Gasteiger charge is -2.17. The first-order valence-corrected chi connectivity index (χ1v) is 8.06. The average molecular weight is 367 g/mol. The number of hydrogen-bond acceptors (Lipinski definition) is 4. The van der Waals surface area contributed by atoms with Crippen LogP contribution in [0.1, 0.15) is 0 Å². The highest BCUT2D eigenvalue weighted by Gasteiger charge is 2.11. The van der Waals surface area contributed by atoms with E-state index >= 15 is 0 Å². The molecule has 0 heterocycles. The van der Waals surface area contributed by atoms with E-state index in [1.165, 1.54) is 13.2 Å². The van der Waals surface area contributed by atoms with Gasteiger partial charge in [-0.15, -0.1) is 0 Å². The molecule has 7 heteroatoms. The lowest BCUT2D eigenvalue weighted by Crippen LogP contribution is -2.33. The predicted octanol–water partition coefficient (Wildman–Crippen LogP) is 3.44. The Kier molecular flexibility index (Phi) is 7.03. The molecule has 1 amide bonds. The Hall–Kier alpha value is -2.31. The van der Waals surface area contributed by atoms with Crippen LogP contribution in [0.3, 0.4) is 0 Å². The molecule has 5 nitrogen and oxygen atoms in total. The average Bonchev–Trinajstić information content (AvgIpc) is 2.56. The number of para-hydroxylation sites is 1. The third-order valence-corrected chi connectivity index (χ3v) is 3.65. The first kappa shape index (κ1) is 19.0. The minimum absolute atomic E-state index is 0.149. The van der Waals surface area contributed by atoms with Crippen molar-refractivity contribution >= 4 is 23.2 Å². The van der Waals surface area contributed by atoms with Crippen molar-refractivity contribution in [1.82, 2.24) is 4.90 Å². The standard InChI is InChI=1S/C18H20ClFN2O3/c1-22(9-10-25-16-6-4-3-5-14(16)20)12-18(23)21-15-11-13(19)7-8-17(15)24-2/h3-8,11H,9-10,12H2,1-2H3,(H,21,23). The molecular weight excluding hydrogens is 347 g/mol. The van der Waals surface area contributed by atoms with Gasteiger partial charge in [-0.2, -0.15) is 0 Å². The Balaban J connectivity index is 1.80. The highest BCUT2D eigenvalue weighted by atomic mass is 35.5. The van der Waals surface area contributed by atoms with Gasteiger partial charge >= 0.3 is 0 Å². The van der Waals surface area contributed by atoms with Crippen molar-refractivity contribution in [2.45, 2.75) is 0 Å². The number of rotatable bonds is 8. The molecule has 0 aromatic heterocycles. The molecule has 0 aliphatic heterocycles. The maximum atomic E-state index is 13.4. The third-order valence-electron chi connectivity index (χ3n) is 3.42. The molecule has 134 valence electrons. The zero-order chi connectivity index (χ0) is 18.2. The van der Waals surface area contributed by atoms with Crippen molar-refractivity contribution in [3.05, 3.63) is 53.3 Å². The van der Waals surface area contributed by atoms with Crippen LogP contribution in [0, 0.1) is 5.82 Å². The molecule has 0 aliphatic carbocycles. The van der Waals surface area contributed by atoms with E-state index in [0.29, 0.717) is 23.0 Å². The van der Waals surface area contributed by atoms with E-state index in [1.54, 1.807) is 48.3 Å². The SMILES string of the molecule is COc1ccc(Cl)cc1NC(=O)CN(C)CCOc1ccccc1F. The monoisotopic (exact) mass is 366 g/mol. The molecule has 25 heavy (non-hydrogen) atoms. The van der Waals surface area contributed by atoms with Crippen LogP contribution >= 0.6 is 11.6 Å². The second-order valence-electron chi connectivity index (χ2n) is 5.41. The molecule has 0 atom stereocenters. The van der Waals surface area contributed by atoms with Gasteiger partial charge in [0.1, 0.15) is 12.4 Å². The first-order valence-electron chi connectivity index (χ1n) is 7.69. The Bertz CT molecular complexity index is 727. The number of carbonyl (C=O) groups is 1. The van der Waals surface area contributed by atoms with Crippen LogP contribution in [0.2, 0.25) is 5.02 Å². The summed E-state index contributed by atoms with van der Waals surface area (Å²) in [6.45, 7) is 0.885. The summed E-state index contributed by atoms with van der Waals surface area (Å²) in [5, 5.41) is 3.26.